The van der Waals surface area contributed by atoms with E-state index < -0.39 is 30.1 Å². The van der Waals surface area contributed by atoms with E-state index in [-0.39, 0.29) is 12.5 Å². The second-order valence-electron chi connectivity index (χ2n) is 7.37. The third kappa shape index (κ3) is 5.38. The molecule has 0 bridgehead atoms. The highest BCUT2D eigenvalue weighted by Gasteiger charge is 2.30. The lowest BCUT2D eigenvalue weighted by Crippen LogP contribution is -2.51. The Morgan fingerprint density at radius 2 is 1.61 bits per heavy atom. The van der Waals surface area contributed by atoms with Gasteiger partial charge in [0.1, 0.15) is 18.7 Å². The molecule has 0 aliphatic heterocycles. The summed E-state index contributed by atoms with van der Waals surface area (Å²) in [4.78, 5) is 35.9. The van der Waals surface area contributed by atoms with E-state index >= 15 is 0 Å². The molecular formula is C23H26N2O5S. The summed E-state index contributed by atoms with van der Waals surface area (Å²) in [6.07, 6.45) is 1.55. The van der Waals surface area contributed by atoms with Gasteiger partial charge in [0.05, 0.1) is 0 Å². The maximum absolute atomic E-state index is 12.5. The van der Waals surface area contributed by atoms with Crippen molar-refractivity contribution in [2.45, 2.75) is 31.3 Å². The number of carbonyl (C=O) groups is 3. The van der Waals surface area contributed by atoms with Crippen molar-refractivity contribution in [1.82, 2.24) is 10.6 Å². The molecule has 3 rings (SSSR count). The first-order valence-electron chi connectivity index (χ1n) is 10.1. The highest BCUT2D eigenvalue weighted by Crippen LogP contribution is 2.44. The van der Waals surface area contributed by atoms with Crippen molar-refractivity contribution in [2.24, 2.45) is 0 Å². The van der Waals surface area contributed by atoms with Crippen molar-refractivity contribution in [3.05, 3.63) is 59.7 Å². The van der Waals surface area contributed by atoms with Crippen molar-refractivity contribution < 1.29 is 24.2 Å². The van der Waals surface area contributed by atoms with Gasteiger partial charge in [-0.2, -0.15) is 11.8 Å². The molecule has 0 radical (unpaired) electrons. The van der Waals surface area contributed by atoms with Gasteiger partial charge in [-0.1, -0.05) is 48.5 Å². The molecule has 0 fully saturated rings. The van der Waals surface area contributed by atoms with Gasteiger partial charge in [-0.3, -0.25) is 9.59 Å². The Balaban J connectivity index is 1.65. The number of carboxylic acid groups (broad SMARTS) is 1. The number of thioether (sulfide) groups is 1. The van der Waals surface area contributed by atoms with Gasteiger partial charge in [-0.25, -0.2) is 4.79 Å². The van der Waals surface area contributed by atoms with Crippen LogP contribution in [0.25, 0.3) is 11.1 Å². The topological polar surface area (TPSA) is 105 Å². The third-order valence-electron chi connectivity index (χ3n) is 5.29. The Morgan fingerprint density at radius 1 is 1.03 bits per heavy atom. The SMILES string of the molecule is CSCC[C@@H](NC(=O)OCC1c2ccccc2-c2ccccc21)C(=O)NC(C)C(=O)O. The van der Waals surface area contributed by atoms with Gasteiger partial charge in [-0.05, 0) is 47.6 Å². The number of aliphatic carboxylic acids is 1. The van der Waals surface area contributed by atoms with Crippen LogP contribution in [0.3, 0.4) is 0 Å². The van der Waals surface area contributed by atoms with Gasteiger partial charge >= 0.3 is 12.1 Å². The summed E-state index contributed by atoms with van der Waals surface area (Å²) in [5.74, 6) is -1.14. The summed E-state index contributed by atoms with van der Waals surface area (Å²) >= 11 is 1.53. The molecule has 8 heteroatoms. The Kier molecular flexibility index (Phi) is 7.57. The largest absolute Gasteiger partial charge is 0.480 e. The molecule has 3 N–H and O–H groups in total. The summed E-state index contributed by atoms with van der Waals surface area (Å²) in [5.41, 5.74) is 4.46. The van der Waals surface area contributed by atoms with Crippen LogP contribution in [-0.2, 0) is 14.3 Å². The van der Waals surface area contributed by atoms with E-state index in [2.05, 4.69) is 22.8 Å². The van der Waals surface area contributed by atoms with Crippen LogP contribution in [0.4, 0.5) is 4.79 Å². The highest BCUT2D eigenvalue weighted by atomic mass is 32.2. The normalized spacial score (nSPS) is 14.1. The smallest absolute Gasteiger partial charge is 0.407 e. The number of carboxylic acids is 1. The molecule has 1 aliphatic rings. The lowest BCUT2D eigenvalue weighted by atomic mass is 9.98. The molecule has 0 heterocycles. The van der Waals surface area contributed by atoms with E-state index in [1.165, 1.54) is 18.7 Å². The monoisotopic (exact) mass is 442 g/mol. The third-order valence-corrected chi connectivity index (χ3v) is 5.94. The molecule has 2 aromatic rings. The quantitative estimate of drug-likeness (QED) is 0.551. The zero-order valence-corrected chi connectivity index (χ0v) is 18.3. The second kappa shape index (κ2) is 10.3. The van der Waals surface area contributed by atoms with Gasteiger partial charge in [-0.15, -0.1) is 0 Å². The lowest BCUT2D eigenvalue weighted by Gasteiger charge is -2.20. The van der Waals surface area contributed by atoms with Crippen molar-refractivity contribution in [1.29, 1.82) is 0 Å². The van der Waals surface area contributed by atoms with Crippen LogP contribution in [0.5, 0.6) is 0 Å². The summed E-state index contributed by atoms with van der Waals surface area (Å²) in [6.45, 7) is 1.52. The van der Waals surface area contributed by atoms with E-state index in [0.29, 0.717) is 12.2 Å². The van der Waals surface area contributed by atoms with Gasteiger partial charge < -0.3 is 20.5 Å². The molecular weight excluding hydrogens is 416 g/mol. The van der Waals surface area contributed by atoms with Crippen LogP contribution in [-0.4, -0.2) is 53.8 Å². The number of benzene rings is 2. The van der Waals surface area contributed by atoms with Crippen molar-refractivity contribution in [3.8, 4) is 11.1 Å². The van der Waals surface area contributed by atoms with E-state index in [9.17, 15) is 14.4 Å². The molecule has 1 aliphatic carbocycles. The minimum Gasteiger partial charge on any atom is -0.480 e. The van der Waals surface area contributed by atoms with Crippen LogP contribution in [0.2, 0.25) is 0 Å². The Hall–Kier alpha value is -3.00. The van der Waals surface area contributed by atoms with E-state index in [1.807, 2.05) is 42.7 Å². The minimum absolute atomic E-state index is 0.0799. The predicted molar refractivity (Wildman–Crippen MR) is 120 cm³/mol. The first-order chi connectivity index (χ1) is 14.9. The van der Waals surface area contributed by atoms with Crippen LogP contribution in [0.1, 0.15) is 30.4 Å². The molecule has 0 saturated heterocycles. The number of amides is 2. The molecule has 2 aromatic carbocycles. The van der Waals surface area contributed by atoms with E-state index in [4.69, 9.17) is 9.84 Å². The fraction of sp³-hybridized carbons (Fsp3) is 0.348. The molecule has 7 nitrogen and oxygen atoms in total. The summed E-state index contributed by atoms with van der Waals surface area (Å²) in [5, 5.41) is 14.0. The molecule has 0 saturated carbocycles. The molecule has 31 heavy (non-hydrogen) atoms. The standard InChI is InChI=1S/C23H26N2O5S/c1-14(22(27)28)24-21(26)20(11-12-31-2)25-23(29)30-13-19-17-9-5-3-7-15(17)16-8-4-6-10-18(16)19/h3-10,14,19-20H,11-13H2,1-2H3,(H,24,26)(H,25,29)(H,27,28)/t14?,20-/m1/s1. The number of alkyl carbamates (subject to hydrolysis) is 1. The van der Waals surface area contributed by atoms with Crippen LogP contribution in [0, 0.1) is 0 Å². The molecule has 2 amide bonds. The maximum Gasteiger partial charge on any atom is 0.407 e. The number of fused-ring (bicyclic) bond motifs is 3. The number of ether oxygens (including phenoxy) is 1. The number of nitrogens with one attached hydrogen (secondary N) is 2. The van der Waals surface area contributed by atoms with Crippen molar-refractivity contribution in [2.75, 3.05) is 18.6 Å². The first kappa shape index (κ1) is 22.7. The highest BCUT2D eigenvalue weighted by molar-refractivity contribution is 7.98. The Morgan fingerprint density at radius 3 is 2.16 bits per heavy atom. The summed E-state index contributed by atoms with van der Waals surface area (Å²) < 4.78 is 5.50. The number of hydrogen-bond acceptors (Lipinski definition) is 5. The molecule has 0 aromatic heterocycles. The zero-order chi connectivity index (χ0) is 22.4. The lowest BCUT2D eigenvalue weighted by molar-refractivity contribution is -0.141. The van der Waals surface area contributed by atoms with Gasteiger partial charge in [0, 0.05) is 5.92 Å². The average molecular weight is 443 g/mol. The molecule has 164 valence electrons. The summed E-state index contributed by atoms with van der Waals surface area (Å²) in [7, 11) is 0. The van der Waals surface area contributed by atoms with Gasteiger partial charge in [0.25, 0.3) is 0 Å². The maximum atomic E-state index is 12.5. The number of carbonyl (C=O) groups excluding carboxylic acids is 2. The van der Waals surface area contributed by atoms with Gasteiger partial charge in [0.2, 0.25) is 5.91 Å². The van der Waals surface area contributed by atoms with E-state index in [1.54, 1.807) is 0 Å². The van der Waals surface area contributed by atoms with E-state index in [0.717, 1.165) is 22.3 Å². The number of hydrogen-bond donors (Lipinski definition) is 3. The van der Waals surface area contributed by atoms with Crippen molar-refractivity contribution in [3.63, 3.8) is 0 Å². The van der Waals surface area contributed by atoms with Crippen LogP contribution >= 0.6 is 11.8 Å². The van der Waals surface area contributed by atoms with Crippen molar-refractivity contribution >= 4 is 29.7 Å². The first-order valence-corrected chi connectivity index (χ1v) is 11.5. The summed E-state index contributed by atoms with van der Waals surface area (Å²) in [6, 6.07) is 14.2. The van der Waals surface area contributed by atoms with Crippen LogP contribution < -0.4 is 10.6 Å². The fourth-order valence-electron chi connectivity index (χ4n) is 3.66. The molecule has 1 unspecified atom stereocenters. The molecule has 0 spiro atoms. The molecule has 2 atom stereocenters. The predicted octanol–water partition coefficient (Wildman–Crippen LogP) is 3.24. The zero-order valence-electron chi connectivity index (χ0n) is 17.5. The Labute approximate surface area is 185 Å². The second-order valence-corrected chi connectivity index (χ2v) is 8.36. The Bertz CT molecular complexity index is 919. The minimum atomic E-state index is -1.14. The average Bonchev–Trinajstić information content (AvgIpc) is 3.08. The fourth-order valence-corrected chi connectivity index (χ4v) is 4.13. The van der Waals surface area contributed by atoms with Crippen LogP contribution in [0.15, 0.2) is 48.5 Å². The number of rotatable bonds is 9. The van der Waals surface area contributed by atoms with Gasteiger partial charge in [0.15, 0.2) is 0 Å².